The van der Waals surface area contributed by atoms with Gasteiger partial charge < -0.3 is 5.32 Å². The van der Waals surface area contributed by atoms with Crippen LogP contribution in [0.4, 0.5) is 10.2 Å². The standard InChI is InChI=1S/C13H13BrFN3O/c1-8(2)18-7-6-11(17-18)16-13(19)9-4-3-5-10(15)12(9)14/h3-8H,1-2H3,(H,16,17,19). The van der Waals surface area contributed by atoms with Crippen molar-refractivity contribution in [1.29, 1.82) is 0 Å². The third-order valence-corrected chi connectivity index (χ3v) is 3.38. The van der Waals surface area contributed by atoms with Crippen LogP contribution in [0.1, 0.15) is 30.2 Å². The van der Waals surface area contributed by atoms with Gasteiger partial charge in [0.1, 0.15) is 5.82 Å². The lowest BCUT2D eigenvalue weighted by molar-refractivity contribution is 0.102. The van der Waals surface area contributed by atoms with Gasteiger partial charge in [0, 0.05) is 18.3 Å². The zero-order valence-corrected chi connectivity index (χ0v) is 12.1. The maximum absolute atomic E-state index is 13.3. The minimum atomic E-state index is -0.472. The van der Waals surface area contributed by atoms with Gasteiger partial charge in [-0.15, -0.1) is 0 Å². The predicted molar refractivity (Wildman–Crippen MR) is 74.7 cm³/mol. The lowest BCUT2D eigenvalue weighted by Crippen LogP contribution is -2.14. The Kier molecular flexibility index (Phi) is 3.99. The van der Waals surface area contributed by atoms with Crippen molar-refractivity contribution in [2.75, 3.05) is 5.32 Å². The molecule has 4 nitrogen and oxygen atoms in total. The number of anilines is 1. The van der Waals surface area contributed by atoms with Crippen molar-refractivity contribution >= 4 is 27.7 Å². The van der Waals surface area contributed by atoms with E-state index in [0.717, 1.165) is 0 Å². The Hall–Kier alpha value is -1.69. The van der Waals surface area contributed by atoms with Crippen LogP contribution in [-0.2, 0) is 0 Å². The number of halogens is 2. The number of carbonyl (C=O) groups excluding carboxylic acids is 1. The Morgan fingerprint density at radius 2 is 2.16 bits per heavy atom. The lowest BCUT2D eigenvalue weighted by atomic mass is 10.2. The van der Waals surface area contributed by atoms with Gasteiger partial charge in [-0.1, -0.05) is 6.07 Å². The fraction of sp³-hybridized carbons (Fsp3) is 0.231. The third kappa shape index (κ3) is 3.01. The Morgan fingerprint density at radius 3 is 2.79 bits per heavy atom. The minimum Gasteiger partial charge on any atom is -0.305 e. The number of benzene rings is 1. The average molecular weight is 326 g/mol. The van der Waals surface area contributed by atoms with Gasteiger partial charge in [-0.25, -0.2) is 4.39 Å². The summed E-state index contributed by atoms with van der Waals surface area (Å²) in [5, 5.41) is 6.84. The van der Waals surface area contributed by atoms with Gasteiger partial charge in [0.05, 0.1) is 10.0 Å². The Bertz CT molecular complexity index is 610. The molecule has 1 aromatic heterocycles. The lowest BCUT2D eigenvalue weighted by Gasteiger charge is -2.06. The van der Waals surface area contributed by atoms with Crippen molar-refractivity contribution in [3.05, 3.63) is 46.3 Å². The van der Waals surface area contributed by atoms with E-state index in [1.807, 2.05) is 13.8 Å². The van der Waals surface area contributed by atoms with Crippen LogP contribution in [-0.4, -0.2) is 15.7 Å². The maximum Gasteiger partial charge on any atom is 0.258 e. The highest BCUT2D eigenvalue weighted by Gasteiger charge is 2.14. The summed E-state index contributed by atoms with van der Waals surface area (Å²) in [6.45, 7) is 3.98. The molecule has 0 bridgehead atoms. The summed E-state index contributed by atoms with van der Waals surface area (Å²) < 4.78 is 15.2. The maximum atomic E-state index is 13.3. The normalized spacial score (nSPS) is 10.8. The molecule has 19 heavy (non-hydrogen) atoms. The topological polar surface area (TPSA) is 46.9 Å². The van der Waals surface area contributed by atoms with Gasteiger partial charge in [-0.05, 0) is 41.9 Å². The molecule has 100 valence electrons. The van der Waals surface area contributed by atoms with Gasteiger partial charge in [0.2, 0.25) is 0 Å². The van der Waals surface area contributed by atoms with E-state index >= 15 is 0 Å². The van der Waals surface area contributed by atoms with Crippen LogP contribution in [0.2, 0.25) is 0 Å². The van der Waals surface area contributed by atoms with Gasteiger partial charge >= 0.3 is 0 Å². The molecule has 1 aromatic carbocycles. The summed E-state index contributed by atoms with van der Waals surface area (Å²) in [5.74, 6) is -0.435. The molecule has 0 spiro atoms. The van der Waals surface area contributed by atoms with Gasteiger partial charge in [0.15, 0.2) is 5.82 Å². The van der Waals surface area contributed by atoms with Crippen molar-refractivity contribution in [3.63, 3.8) is 0 Å². The van der Waals surface area contributed by atoms with Crippen LogP contribution >= 0.6 is 15.9 Å². The van der Waals surface area contributed by atoms with Crippen molar-refractivity contribution in [3.8, 4) is 0 Å². The van der Waals surface area contributed by atoms with Gasteiger partial charge in [0.25, 0.3) is 5.91 Å². The highest BCUT2D eigenvalue weighted by Crippen LogP contribution is 2.21. The first-order valence-corrected chi connectivity index (χ1v) is 6.59. The molecule has 2 aromatic rings. The Morgan fingerprint density at radius 1 is 1.42 bits per heavy atom. The number of nitrogens with one attached hydrogen (secondary N) is 1. The quantitative estimate of drug-likeness (QED) is 0.936. The predicted octanol–water partition coefficient (Wildman–Crippen LogP) is 3.62. The fourth-order valence-corrected chi connectivity index (χ4v) is 2.00. The number of hydrogen-bond donors (Lipinski definition) is 1. The molecule has 1 N–H and O–H groups in total. The average Bonchev–Trinajstić information content (AvgIpc) is 2.81. The van der Waals surface area contributed by atoms with Crippen molar-refractivity contribution in [2.45, 2.75) is 19.9 Å². The number of carbonyl (C=O) groups is 1. The first-order valence-electron chi connectivity index (χ1n) is 5.79. The van der Waals surface area contributed by atoms with Crippen LogP contribution < -0.4 is 5.32 Å². The summed E-state index contributed by atoms with van der Waals surface area (Å²) in [6.07, 6.45) is 1.78. The van der Waals surface area contributed by atoms with E-state index in [1.54, 1.807) is 23.0 Å². The highest BCUT2D eigenvalue weighted by atomic mass is 79.9. The van der Waals surface area contributed by atoms with Crippen LogP contribution in [0.25, 0.3) is 0 Å². The molecule has 1 amide bonds. The van der Waals surface area contributed by atoms with E-state index < -0.39 is 11.7 Å². The molecule has 1 heterocycles. The summed E-state index contributed by atoms with van der Waals surface area (Å²) in [4.78, 5) is 12.0. The summed E-state index contributed by atoms with van der Waals surface area (Å²) in [7, 11) is 0. The van der Waals surface area contributed by atoms with E-state index in [-0.39, 0.29) is 16.1 Å². The molecule has 0 radical (unpaired) electrons. The molecular formula is C13H13BrFN3O. The molecule has 0 fully saturated rings. The van der Waals surface area contributed by atoms with Gasteiger partial charge in [-0.3, -0.25) is 9.48 Å². The summed E-state index contributed by atoms with van der Waals surface area (Å²) in [6, 6.07) is 6.23. The van der Waals surface area contributed by atoms with Crippen LogP contribution in [0, 0.1) is 5.82 Å². The largest absolute Gasteiger partial charge is 0.305 e. The monoisotopic (exact) mass is 325 g/mol. The molecule has 0 saturated heterocycles. The van der Waals surface area contributed by atoms with E-state index in [9.17, 15) is 9.18 Å². The number of nitrogens with zero attached hydrogens (tertiary/aromatic N) is 2. The SMILES string of the molecule is CC(C)n1ccc(NC(=O)c2cccc(F)c2Br)n1. The molecule has 0 atom stereocenters. The molecule has 0 aliphatic rings. The van der Waals surface area contributed by atoms with E-state index in [2.05, 4.69) is 26.3 Å². The van der Waals surface area contributed by atoms with E-state index in [0.29, 0.717) is 5.82 Å². The highest BCUT2D eigenvalue weighted by molar-refractivity contribution is 9.10. The molecule has 6 heteroatoms. The van der Waals surface area contributed by atoms with Crippen LogP contribution in [0.3, 0.4) is 0 Å². The Balaban J connectivity index is 2.18. The number of hydrogen-bond acceptors (Lipinski definition) is 2. The van der Waals surface area contributed by atoms with Crippen LogP contribution in [0.15, 0.2) is 34.9 Å². The van der Waals surface area contributed by atoms with Crippen molar-refractivity contribution in [1.82, 2.24) is 9.78 Å². The van der Waals surface area contributed by atoms with Gasteiger partial charge in [-0.2, -0.15) is 5.10 Å². The van der Waals surface area contributed by atoms with Crippen molar-refractivity contribution in [2.24, 2.45) is 0 Å². The number of aromatic nitrogens is 2. The second-order valence-electron chi connectivity index (χ2n) is 4.33. The fourth-order valence-electron chi connectivity index (χ4n) is 1.56. The Labute approximate surface area is 118 Å². The zero-order valence-electron chi connectivity index (χ0n) is 10.5. The molecule has 0 aliphatic carbocycles. The minimum absolute atomic E-state index is 0.149. The van der Waals surface area contributed by atoms with E-state index in [4.69, 9.17) is 0 Å². The second kappa shape index (κ2) is 5.52. The first-order chi connectivity index (χ1) is 8.99. The first kappa shape index (κ1) is 13.7. The van der Waals surface area contributed by atoms with E-state index in [1.165, 1.54) is 12.1 Å². The third-order valence-electron chi connectivity index (χ3n) is 2.58. The molecular weight excluding hydrogens is 313 g/mol. The van der Waals surface area contributed by atoms with Crippen LogP contribution in [0.5, 0.6) is 0 Å². The number of rotatable bonds is 3. The van der Waals surface area contributed by atoms with Crippen molar-refractivity contribution < 1.29 is 9.18 Å². The molecule has 2 rings (SSSR count). The number of amides is 1. The summed E-state index contributed by atoms with van der Waals surface area (Å²) >= 11 is 3.06. The smallest absolute Gasteiger partial charge is 0.258 e. The summed E-state index contributed by atoms with van der Waals surface area (Å²) in [5.41, 5.74) is 0.235. The second-order valence-corrected chi connectivity index (χ2v) is 5.12. The molecule has 0 aliphatic heterocycles. The molecule has 0 unspecified atom stereocenters. The zero-order chi connectivity index (χ0) is 14.0. The molecule has 0 saturated carbocycles.